The molecule has 0 aliphatic rings. The number of aromatic nitrogens is 4. The van der Waals surface area contributed by atoms with Crippen molar-refractivity contribution >= 4 is 102 Å². The van der Waals surface area contributed by atoms with Gasteiger partial charge in [0.15, 0.2) is 10.3 Å². The molecule has 0 spiro atoms. The summed E-state index contributed by atoms with van der Waals surface area (Å²) in [5.74, 6) is 1.53. The van der Waals surface area contributed by atoms with Gasteiger partial charge in [0.25, 0.3) is 0 Å². The summed E-state index contributed by atoms with van der Waals surface area (Å²) >= 11 is 27.5. The molecule has 0 fully saturated rings. The highest BCUT2D eigenvalue weighted by molar-refractivity contribution is 7.16. The molecule has 4 aromatic heterocycles. The van der Waals surface area contributed by atoms with Gasteiger partial charge in [-0.05, 0) is 48.2 Å². The fourth-order valence-corrected chi connectivity index (χ4v) is 7.34. The van der Waals surface area contributed by atoms with E-state index < -0.39 is 0 Å². The number of nitrogens with two attached hydrogens (primary N) is 1. The average molecular weight is 796 g/mol. The zero-order valence-corrected chi connectivity index (χ0v) is 32.4. The van der Waals surface area contributed by atoms with E-state index in [2.05, 4.69) is 53.1 Å². The number of halogens is 4. The Hall–Kier alpha value is -4.28. The van der Waals surface area contributed by atoms with Gasteiger partial charge in [-0.3, -0.25) is 10.4 Å². The molecule has 0 atom stereocenters. The highest BCUT2D eigenvalue weighted by atomic mass is 35.5. The van der Waals surface area contributed by atoms with Gasteiger partial charge in [-0.25, -0.2) is 19.8 Å². The lowest BCUT2D eigenvalue weighted by Crippen LogP contribution is -2.14. The molecule has 2 aromatic carbocycles. The summed E-state index contributed by atoms with van der Waals surface area (Å²) < 4.78 is 0. The van der Waals surface area contributed by atoms with Crippen molar-refractivity contribution in [2.24, 2.45) is 5.73 Å². The van der Waals surface area contributed by atoms with Gasteiger partial charge in [-0.1, -0.05) is 98.4 Å². The zero-order valence-electron chi connectivity index (χ0n) is 27.7. The van der Waals surface area contributed by atoms with Crippen LogP contribution < -0.4 is 16.4 Å². The molecule has 6 aromatic rings. The second-order valence-electron chi connectivity index (χ2n) is 11.6. The molecule has 0 saturated carbocycles. The number of nitrogen functional groups attached to an aromatic ring is 1. The molecule has 4 heterocycles. The van der Waals surface area contributed by atoms with Crippen LogP contribution in [0.3, 0.4) is 0 Å². The van der Waals surface area contributed by atoms with Gasteiger partial charge in [0.2, 0.25) is 5.69 Å². The van der Waals surface area contributed by atoms with Crippen LogP contribution in [-0.4, -0.2) is 25.8 Å². The highest BCUT2D eigenvalue weighted by Crippen LogP contribution is 2.41. The van der Waals surface area contributed by atoms with Crippen LogP contribution in [0.1, 0.15) is 54.8 Å². The summed E-state index contributed by atoms with van der Waals surface area (Å²) in [4.78, 5) is 23.7. The van der Waals surface area contributed by atoms with Crippen LogP contribution in [0.25, 0.3) is 27.4 Å². The third-order valence-corrected chi connectivity index (χ3v) is 11.2. The van der Waals surface area contributed by atoms with Crippen molar-refractivity contribution in [1.82, 2.24) is 19.9 Å². The molecule has 0 aliphatic carbocycles. The molecular formula is C36H31Cl4N9S2. The Labute approximate surface area is 324 Å². The predicted octanol–water partition coefficient (Wildman–Crippen LogP) is 12.6. The van der Waals surface area contributed by atoms with Gasteiger partial charge in [-0.15, -0.1) is 22.7 Å². The van der Waals surface area contributed by atoms with Crippen LogP contribution in [-0.2, 0) is 0 Å². The van der Waals surface area contributed by atoms with E-state index in [9.17, 15) is 0 Å². The number of hydrogen-bond donors (Lipinski definition) is 4. The molecule has 15 heteroatoms. The van der Waals surface area contributed by atoms with Crippen molar-refractivity contribution in [3.05, 3.63) is 120 Å². The number of pyridine rings is 2. The first-order chi connectivity index (χ1) is 24.4. The second-order valence-corrected chi connectivity index (χ2v) is 15.3. The topological polar surface area (TPSA) is 130 Å². The summed E-state index contributed by atoms with van der Waals surface area (Å²) in [5.41, 5.74) is 10.2. The Morgan fingerprint density at radius 1 is 0.725 bits per heavy atom. The SMILES string of the molecule is CC(C)c1sc(Nc2ncccc2C(=N)N)nc1-c1ccc(Cl)c(Cl)c1.[C-]#[N+]c1cccnc1Nc1nc(-c2ccc(Cl)c(Cl)c2)c(C(C)C)s1. The van der Waals surface area contributed by atoms with Gasteiger partial charge in [-0.2, -0.15) is 0 Å². The van der Waals surface area contributed by atoms with Gasteiger partial charge in [0.05, 0.1) is 43.6 Å². The van der Waals surface area contributed by atoms with Crippen LogP contribution in [0.5, 0.6) is 0 Å². The van der Waals surface area contributed by atoms with E-state index in [1.165, 1.54) is 11.3 Å². The van der Waals surface area contributed by atoms with E-state index >= 15 is 0 Å². The highest BCUT2D eigenvalue weighted by Gasteiger charge is 2.20. The molecule has 260 valence electrons. The minimum atomic E-state index is -0.0501. The lowest BCUT2D eigenvalue weighted by atomic mass is 10.1. The molecule has 0 bridgehead atoms. The van der Waals surface area contributed by atoms with Crippen LogP contribution in [0.2, 0.25) is 20.1 Å². The van der Waals surface area contributed by atoms with Crippen molar-refractivity contribution in [3.8, 4) is 22.5 Å². The number of amidine groups is 1. The molecule has 0 radical (unpaired) electrons. The minimum Gasteiger partial charge on any atom is -0.384 e. The van der Waals surface area contributed by atoms with Crippen molar-refractivity contribution in [2.45, 2.75) is 39.5 Å². The Morgan fingerprint density at radius 2 is 1.20 bits per heavy atom. The van der Waals surface area contributed by atoms with E-state index in [1.807, 2.05) is 24.3 Å². The maximum atomic E-state index is 7.69. The third-order valence-electron chi connectivity index (χ3n) is 7.20. The first-order valence-electron chi connectivity index (χ1n) is 15.4. The fraction of sp³-hybridized carbons (Fsp3) is 0.167. The molecule has 0 unspecified atom stereocenters. The number of hydrogen-bond acceptors (Lipinski definition) is 9. The van der Waals surface area contributed by atoms with Gasteiger partial charge in [0.1, 0.15) is 17.5 Å². The van der Waals surface area contributed by atoms with E-state index in [0.29, 0.717) is 59.2 Å². The standard InChI is InChI=1S/C18H17Cl2N5S.C18H14Cl2N4S/c1-9(2)15-14(10-5-6-12(19)13(20)8-10)24-18(26-15)25-17-11(16(21)22)4-3-7-23-17;1-10(2)16-15(11-6-7-12(19)13(20)9-11)23-18(25-16)24-17-14(21-3)5-4-8-22-17/h3-9H,1-2H3,(H3,21,22)(H,23,24,25);4-10H,1-2H3,(H,22,23,24). The maximum Gasteiger partial charge on any atom is 0.228 e. The van der Waals surface area contributed by atoms with Crippen molar-refractivity contribution in [1.29, 1.82) is 5.41 Å². The molecular weight excluding hydrogens is 764 g/mol. The van der Waals surface area contributed by atoms with E-state index in [-0.39, 0.29) is 11.8 Å². The number of nitrogens with zero attached hydrogens (tertiary/aromatic N) is 5. The number of anilines is 4. The van der Waals surface area contributed by atoms with E-state index in [0.717, 1.165) is 32.3 Å². The Kier molecular flexibility index (Phi) is 12.5. The smallest absolute Gasteiger partial charge is 0.228 e. The quantitative estimate of drug-likeness (QED) is 0.0651. The normalized spacial score (nSPS) is 10.8. The van der Waals surface area contributed by atoms with Crippen molar-refractivity contribution in [2.75, 3.05) is 10.6 Å². The van der Waals surface area contributed by atoms with Crippen molar-refractivity contribution in [3.63, 3.8) is 0 Å². The number of thiazole rings is 2. The molecule has 0 saturated heterocycles. The summed E-state index contributed by atoms with van der Waals surface area (Å²) in [5, 5.41) is 17.4. The van der Waals surface area contributed by atoms with Crippen molar-refractivity contribution < 1.29 is 0 Å². The maximum absolute atomic E-state index is 7.69. The number of rotatable bonds is 9. The molecule has 6 rings (SSSR count). The Morgan fingerprint density at radius 3 is 1.65 bits per heavy atom. The predicted molar refractivity (Wildman–Crippen MR) is 216 cm³/mol. The Balaban J connectivity index is 0.000000198. The molecule has 9 nitrogen and oxygen atoms in total. The second kappa shape index (κ2) is 16.8. The molecule has 0 aliphatic heterocycles. The monoisotopic (exact) mass is 793 g/mol. The average Bonchev–Trinajstić information content (AvgIpc) is 3.73. The van der Waals surface area contributed by atoms with Crippen LogP contribution >= 0.6 is 69.1 Å². The lowest BCUT2D eigenvalue weighted by Gasteiger charge is -2.06. The fourth-order valence-electron chi connectivity index (χ4n) is 4.76. The molecule has 51 heavy (non-hydrogen) atoms. The summed E-state index contributed by atoms with van der Waals surface area (Å²) in [7, 11) is 0. The Bertz CT molecular complexity index is 2240. The van der Waals surface area contributed by atoms with Gasteiger partial charge < -0.3 is 16.4 Å². The summed E-state index contributed by atoms with van der Waals surface area (Å²) in [6.45, 7) is 15.7. The first kappa shape index (κ1) is 38.0. The molecule has 0 amide bonds. The number of nitrogens with one attached hydrogen (secondary N) is 3. The van der Waals surface area contributed by atoms with E-state index in [4.69, 9.17) is 74.1 Å². The molecule has 5 N–H and O–H groups in total. The third kappa shape index (κ3) is 9.15. The van der Waals surface area contributed by atoms with Crippen LogP contribution in [0.4, 0.5) is 27.6 Å². The van der Waals surface area contributed by atoms with Crippen LogP contribution in [0, 0.1) is 12.0 Å². The lowest BCUT2D eigenvalue weighted by molar-refractivity contribution is 0.888. The minimum absolute atomic E-state index is 0.0501. The van der Waals surface area contributed by atoms with Crippen LogP contribution in [0.15, 0.2) is 73.1 Å². The zero-order chi connectivity index (χ0) is 36.8. The number of benzene rings is 2. The van der Waals surface area contributed by atoms with Gasteiger partial charge >= 0.3 is 0 Å². The van der Waals surface area contributed by atoms with E-state index in [1.54, 1.807) is 60.1 Å². The first-order valence-corrected chi connectivity index (χ1v) is 18.6. The largest absolute Gasteiger partial charge is 0.384 e. The summed E-state index contributed by atoms with van der Waals surface area (Å²) in [6, 6.07) is 17.9. The van der Waals surface area contributed by atoms with Gasteiger partial charge in [0, 0.05) is 33.3 Å². The summed E-state index contributed by atoms with van der Waals surface area (Å²) in [6.07, 6.45) is 3.29.